The molecule has 1 atom stereocenters. The van der Waals surface area contributed by atoms with E-state index in [4.69, 9.17) is 0 Å². The Morgan fingerprint density at radius 2 is 2.28 bits per heavy atom. The van der Waals surface area contributed by atoms with Crippen LogP contribution in [0.15, 0.2) is 28.5 Å². The maximum Gasteiger partial charge on any atom is 0.0145 e. The second kappa shape index (κ2) is 7.75. The molecule has 1 aromatic heterocycles. The number of hydrogen-bond acceptors (Lipinski definition) is 2. The topological polar surface area (TPSA) is 12.0 Å². The van der Waals surface area contributed by atoms with Gasteiger partial charge in [-0.1, -0.05) is 18.6 Å². The van der Waals surface area contributed by atoms with Gasteiger partial charge in [-0.3, -0.25) is 0 Å². The van der Waals surface area contributed by atoms with Crippen LogP contribution in [0.5, 0.6) is 0 Å². The molecule has 1 aliphatic rings. The molecule has 1 aromatic rings. The maximum atomic E-state index is 3.72. The molecule has 0 amide bonds. The number of rotatable bonds is 7. The van der Waals surface area contributed by atoms with Crippen LogP contribution in [0.2, 0.25) is 0 Å². The summed E-state index contributed by atoms with van der Waals surface area (Å²) in [6.45, 7) is 3.39. The quantitative estimate of drug-likeness (QED) is 0.712. The molecule has 0 radical (unpaired) electrons. The van der Waals surface area contributed by atoms with E-state index < -0.39 is 0 Å². The Bertz CT molecular complexity index is 353. The Hall–Kier alpha value is -0.600. The molecule has 1 nitrogen and oxygen atoms in total. The van der Waals surface area contributed by atoms with Crippen molar-refractivity contribution in [3.8, 4) is 0 Å². The van der Waals surface area contributed by atoms with Gasteiger partial charge in [0.15, 0.2) is 0 Å². The van der Waals surface area contributed by atoms with E-state index in [1.54, 1.807) is 5.57 Å². The molecule has 0 saturated heterocycles. The molecule has 0 spiro atoms. The van der Waals surface area contributed by atoms with Crippen molar-refractivity contribution in [3.05, 3.63) is 34.0 Å². The highest BCUT2D eigenvalue weighted by molar-refractivity contribution is 7.07. The molecule has 100 valence electrons. The van der Waals surface area contributed by atoms with Crippen LogP contribution < -0.4 is 5.32 Å². The first-order valence-corrected chi connectivity index (χ1v) is 8.25. The molecular formula is C16H25NS. The van der Waals surface area contributed by atoms with Crippen molar-refractivity contribution >= 4 is 11.3 Å². The lowest BCUT2D eigenvalue weighted by Gasteiger charge is -2.21. The number of thiophene rings is 1. The Morgan fingerprint density at radius 3 is 2.94 bits per heavy atom. The Balaban J connectivity index is 1.89. The van der Waals surface area contributed by atoms with Crippen LogP contribution in [0.25, 0.3) is 0 Å². The first-order valence-electron chi connectivity index (χ1n) is 7.31. The average Bonchev–Trinajstić information content (AvgIpc) is 2.90. The third kappa shape index (κ3) is 4.58. The van der Waals surface area contributed by atoms with Gasteiger partial charge in [-0.05, 0) is 73.9 Å². The van der Waals surface area contributed by atoms with Crippen molar-refractivity contribution < 1.29 is 0 Å². The highest BCUT2D eigenvalue weighted by atomic mass is 32.1. The molecular weight excluding hydrogens is 238 g/mol. The fourth-order valence-corrected chi connectivity index (χ4v) is 3.35. The average molecular weight is 263 g/mol. The number of hydrogen-bond donors (Lipinski definition) is 1. The molecule has 0 fully saturated rings. The van der Waals surface area contributed by atoms with Crippen LogP contribution in [0.4, 0.5) is 0 Å². The fraction of sp³-hybridized carbons (Fsp3) is 0.625. The summed E-state index contributed by atoms with van der Waals surface area (Å²) >= 11 is 1.81. The van der Waals surface area contributed by atoms with Gasteiger partial charge in [-0.2, -0.15) is 11.3 Å². The van der Waals surface area contributed by atoms with E-state index in [1.807, 2.05) is 11.3 Å². The van der Waals surface area contributed by atoms with Gasteiger partial charge in [0.25, 0.3) is 0 Å². The Morgan fingerprint density at radius 1 is 1.33 bits per heavy atom. The molecule has 2 heteroatoms. The lowest BCUT2D eigenvalue weighted by Crippen LogP contribution is -2.32. The SMILES string of the molecule is CCCNC(CC1=CCCCC1)Cc1ccsc1. The largest absolute Gasteiger partial charge is 0.313 e. The fourth-order valence-electron chi connectivity index (χ4n) is 2.66. The van der Waals surface area contributed by atoms with Crippen LogP contribution in [-0.2, 0) is 6.42 Å². The summed E-state index contributed by atoms with van der Waals surface area (Å²) in [5.41, 5.74) is 3.18. The van der Waals surface area contributed by atoms with E-state index >= 15 is 0 Å². The van der Waals surface area contributed by atoms with Crippen molar-refractivity contribution in [3.63, 3.8) is 0 Å². The second-order valence-corrected chi connectivity index (χ2v) is 6.08. The maximum absolute atomic E-state index is 3.72. The highest BCUT2D eigenvalue weighted by Crippen LogP contribution is 2.23. The molecule has 0 bridgehead atoms. The zero-order chi connectivity index (χ0) is 12.6. The monoisotopic (exact) mass is 263 g/mol. The van der Waals surface area contributed by atoms with Crippen LogP contribution in [0, 0.1) is 0 Å². The van der Waals surface area contributed by atoms with Crippen LogP contribution in [-0.4, -0.2) is 12.6 Å². The lowest BCUT2D eigenvalue weighted by molar-refractivity contribution is 0.491. The van der Waals surface area contributed by atoms with E-state index in [1.165, 1.54) is 50.5 Å². The second-order valence-electron chi connectivity index (χ2n) is 5.30. The Kier molecular flexibility index (Phi) is 5.95. The molecule has 18 heavy (non-hydrogen) atoms. The zero-order valence-corrected chi connectivity index (χ0v) is 12.3. The molecule has 2 rings (SSSR count). The van der Waals surface area contributed by atoms with Gasteiger partial charge in [0, 0.05) is 6.04 Å². The zero-order valence-electron chi connectivity index (χ0n) is 11.5. The highest BCUT2D eigenvalue weighted by Gasteiger charge is 2.13. The standard InChI is InChI=1S/C16H25NS/c1-2-9-17-16(12-15-8-10-18-13-15)11-14-6-4-3-5-7-14/h6,8,10,13,16-17H,2-5,7,9,11-12H2,1H3. The summed E-state index contributed by atoms with van der Waals surface area (Å²) in [6.07, 6.45) is 11.5. The normalized spacial score (nSPS) is 17.5. The van der Waals surface area contributed by atoms with Gasteiger partial charge in [-0.25, -0.2) is 0 Å². The summed E-state index contributed by atoms with van der Waals surface area (Å²) in [6, 6.07) is 2.89. The summed E-state index contributed by atoms with van der Waals surface area (Å²) < 4.78 is 0. The molecule has 1 heterocycles. The van der Waals surface area contributed by atoms with Gasteiger partial charge in [0.05, 0.1) is 0 Å². The Labute approximate surface area is 115 Å². The van der Waals surface area contributed by atoms with Crippen LogP contribution in [0.1, 0.15) is 51.0 Å². The van der Waals surface area contributed by atoms with Crippen molar-refractivity contribution in [1.29, 1.82) is 0 Å². The molecule has 1 N–H and O–H groups in total. The molecule has 0 aliphatic heterocycles. The first kappa shape index (κ1) is 13.8. The van der Waals surface area contributed by atoms with E-state index in [0.29, 0.717) is 6.04 Å². The molecule has 0 saturated carbocycles. The summed E-state index contributed by atoms with van der Waals surface area (Å²) in [4.78, 5) is 0. The molecule has 0 aromatic carbocycles. The van der Waals surface area contributed by atoms with Crippen molar-refractivity contribution in [2.45, 2.75) is 57.9 Å². The van der Waals surface area contributed by atoms with Gasteiger partial charge in [0.1, 0.15) is 0 Å². The van der Waals surface area contributed by atoms with Crippen LogP contribution >= 0.6 is 11.3 Å². The van der Waals surface area contributed by atoms with Crippen molar-refractivity contribution in [1.82, 2.24) is 5.32 Å². The van der Waals surface area contributed by atoms with Gasteiger partial charge in [0.2, 0.25) is 0 Å². The molecule has 1 aliphatic carbocycles. The van der Waals surface area contributed by atoms with Crippen LogP contribution in [0.3, 0.4) is 0 Å². The summed E-state index contributed by atoms with van der Waals surface area (Å²) in [5, 5.41) is 8.19. The summed E-state index contributed by atoms with van der Waals surface area (Å²) in [7, 11) is 0. The van der Waals surface area contributed by atoms with E-state index in [0.717, 1.165) is 6.54 Å². The minimum Gasteiger partial charge on any atom is -0.313 e. The van der Waals surface area contributed by atoms with E-state index in [9.17, 15) is 0 Å². The van der Waals surface area contributed by atoms with Gasteiger partial charge < -0.3 is 5.32 Å². The van der Waals surface area contributed by atoms with Crippen molar-refractivity contribution in [2.75, 3.05) is 6.54 Å². The number of allylic oxidation sites excluding steroid dienone is 1. The third-order valence-electron chi connectivity index (χ3n) is 3.64. The molecule has 1 unspecified atom stereocenters. The van der Waals surface area contributed by atoms with Crippen molar-refractivity contribution in [2.24, 2.45) is 0 Å². The first-order chi connectivity index (χ1) is 8.88. The summed E-state index contributed by atoms with van der Waals surface area (Å²) in [5.74, 6) is 0. The minimum atomic E-state index is 0.629. The van der Waals surface area contributed by atoms with Gasteiger partial charge >= 0.3 is 0 Å². The third-order valence-corrected chi connectivity index (χ3v) is 4.37. The van der Waals surface area contributed by atoms with E-state index in [2.05, 4.69) is 35.1 Å². The smallest absolute Gasteiger partial charge is 0.0145 e. The van der Waals surface area contributed by atoms with Gasteiger partial charge in [-0.15, -0.1) is 0 Å². The predicted octanol–water partition coefficient (Wildman–Crippen LogP) is 4.55. The minimum absolute atomic E-state index is 0.629. The van der Waals surface area contributed by atoms with E-state index in [-0.39, 0.29) is 0 Å². The number of nitrogens with one attached hydrogen (secondary N) is 1. The lowest BCUT2D eigenvalue weighted by atomic mass is 9.92. The predicted molar refractivity (Wildman–Crippen MR) is 81.3 cm³/mol.